The third-order valence-electron chi connectivity index (χ3n) is 3.42. The van der Waals surface area contributed by atoms with Crippen molar-refractivity contribution in [3.05, 3.63) is 34.1 Å². The van der Waals surface area contributed by atoms with Gasteiger partial charge in [0.2, 0.25) is 5.91 Å². The highest BCUT2D eigenvalue weighted by molar-refractivity contribution is 9.10. The third kappa shape index (κ3) is 2.92. The van der Waals surface area contributed by atoms with Gasteiger partial charge < -0.3 is 4.90 Å². The first-order valence-corrected chi connectivity index (χ1v) is 7.25. The van der Waals surface area contributed by atoms with E-state index in [0.717, 1.165) is 5.56 Å². The SMILES string of the molecule is CC(C)(C)C1C(=O)CC(=O)N1Cc1ccc(F)c(Br)c1. The van der Waals surface area contributed by atoms with Gasteiger partial charge in [-0.2, -0.15) is 0 Å². The Balaban J connectivity index is 2.28. The van der Waals surface area contributed by atoms with Crippen molar-refractivity contribution in [2.24, 2.45) is 5.41 Å². The van der Waals surface area contributed by atoms with Crippen molar-refractivity contribution in [2.45, 2.75) is 39.8 Å². The van der Waals surface area contributed by atoms with E-state index in [1.54, 1.807) is 17.0 Å². The Morgan fingerprint density at radius 1 is 1.35 bits per heavy atom. The molecule has 0 radical (unpaired) electrons. The van der Waals surface area contributed by atoms with Gasteiger partial charge in [-0.25, -0.2) is 4.39 Å². The second-order valence-corrected chi connectivity index (χ2v) is 7.04. The number of ketones is 1. The van der Waals surface area contributed by atoms with Gasteiger partial charge in [0, 0.05) is 6.54 Å². The van der Waals surface area contributed by atoms with E-state index < -0.39 is 6.04 Å². The molecule has 0 aromatic heterocycles. The van der Waals surface area contributed by atoms with Gasteiger partial charge in [-0.3, -0.25) is 9.59 Å². The number of carbonyl (C=O) groups excluding carboxylic acids is 2. The number of nitrogens with zero attached hydrogens (tertiary/aromatic N) is 1. The second-order valence-electron chi connectivity index (χ2n) is 6.18. The molecule has 0 spiro atoms. The molecule has 1 fully saturated rings. The quantitative estimate of drug-likeness (QED) is 0.774. The monoisotopic (exact) mass is 341 g/mol. The van der Waals surface area contributed by atoms with Crippen LogP contribution < -0.4 is 0 Å². The summed E-state index contributed by atoms with van der Waals surface area (Å²) in [6.45, 7) is 6.16. The van der Waals surface area contributed by atoms with Crippen LogP contribution in [-0.2, 0) is 16.1 Å². The van der Waals surface area contributed by atoms with Crippen molar-refractivity contribution in [3.8, 4) is 0 Å². The van der Waals surface area contributed by atoms with Crippen LogP contribution in [0.15, 0.2) is 22.7 Å². The standard InChI is InChI=1S/C15H17BrFNO2/c1-15(2,3)14-12(19)7-13(20)18(14)8-9-4-5-11(17)10(16)6-9/h4-6,14H,7-8H2,1-3H3. The Labute approximate surface area is 126 Å². The van der Waals surface area contributed by atoms with E-state index in [9.17, 15) is 14.0 Å². The molecular formula is C15H17BrFNO2. The summed E-state index contributed by atoms with van der Waals surface area (Å²) in [5.74, 6) is -0.538. The Bertz CT molecular complexity index is 565. The van der Waals surface area contributed by atoms with Crippen molar-refractivity contribution < 1.29 is 14.0 Å². The molecule has 1 aromatic rings. The van der Waals surface area contributed by atoms with E-state index in [-0.39, 0.29) is 29.3 Å². The highest BCUT2D eigenvalue weighted by atomic mass is 79.9. The minimum Gasteiger partial charge on any atom is -0.327 e. The van der Waals surface area contributed by atoms with Gasteiger partial charge >= 0.3 is 0 Å². The number of Topliss-reactive ketones (excluding diaryl/α,β-unsaturated/α-hetero) is 1. The number of benzene rings is 1. The van der Waals surface area contributed by atoms with E-state index >= 15 is 0 Å². The zero-order valence-corrected chi connectivity index (χ0v) is 13.3. The highest BCUT2D eigenvalue weighted by Crippen LogP contribution is 2.32. The van der Waals surface area contributed by atoms with Crippen LogP contribution in [0.2, 0.25) is 0 Å². The normalized spacial score (nSPS) is 19.9. The van der Waals surface area contributed by atoms with E-state index in [4.69, 9.17) is 0 Å². The first kappa shape index (κ1) is 15.2. The van der Waals surface area contributed by atoms with E-state index in [0.29, 0.717) is 11.0 Å². The number of carbonyl (C=O) groups is 2. The lowest BCUT2D eigenvalue weighted by Gasteiger charge is -2.33. The van der Waals surface area contributed by atoms with Gasteiger partial charge in [0.1, 0.15) is 5.82 Å². The molecular weight excluding hydrogens is 325 g/mol. The lowest BCUT2D eigenvalue weighted by molar-refractivity contribution is -0.131. The summed E-state index contributed by atoms with van der Waals surface area (Å²) in [7, 11) is 0. The summed E-state index contributed by atoms with van der Waals surface area (Å²) in [4.78, 5) is 25.6. The average Bonchev–Trinajstić information content (AvgIpc) is 2.58. The van der Waals surface area contributed by atoms with Gasteiger partial charge in [-0.15, -0.1) is 0 Å². The van der Waals surface area contributed by atoms with Gasteiger partial charge in [-0.1, -0.05) is 26.8 Å². The molecule has 0 saturated carbocycles. The average molecular weight is 342 g/mol. The molecule has 108 valence electrons. The number of rotatable bonds is 2. The molecule has 5 heteroatoms. The summed E-state index contributed by atoms with van der Waals surface area (Å²) in [5.41, 5.74) is 0.496. The fourth-order valence-corrected chi connectivity index (χ4v) is 3.06. The number of amides is 1. The van der Waals surface area contributed by atoms with E-state index in [1.807, 2.05) is 20.8 Å². The van der Waals surface area contributed by atoms with Crippen molar-refractivity contribution in [3.63, 3.8) is 0 Å². The van der Waals surface area contributed by atoms with Crippen LogP contribution in [-0.4, -0.2) is 22.6 Å². The fraction of sp³-hybridized carbons (Fsp3) is 0.467. The van der Waals surface area contributed by atoms with E-state index in [2.05, 4.69) is 15.9 Å². The van der Waals surface area contributed by atoms with Crippen LogP contribution in [0.5, 0.6) is 0 Å². The minimum atomic E-state index is -0.418. The smallest absolute Gasteiger partial charge is 0.231 e. The Kier molecular flexibility index (Phi) is 4.00. The van der Waals surface area contributed by atoms with Crippen LogP contribution >= 0.6 is 15.9 Å². The Morgan fingerprint density at radius 3 is 2.55 bits per heavy atom. The minimum absolute atomic E-state index is 0.0374. The number of likely N-dealkylation sites (tertiary alicyclic amines) is 1. The second kappa shape index (κ2) is 5.28. The highest BCUT2D eigenvalue weighted by Gasteiger charge is 2.44. The predicted molar refractivity (Wildman–Crippen MR) is 77.5 cm³/mol. The molecule has 1 atom stereocenters. The molecule has 1 unspecified atom stereocenters. The summed E-state index contributed by atoms with van der Waals surface area (Å²) in [6, 6.07) is 4.22. The number of halogens is 2. The molecule has 1 aromatic carbocycles. The van der Waals surface area contributed by atoms with Crippen LogP contribution in [0, 0.1) is 11.2 Å². The van der Waals surface area contributed by atoms with Gasteiger partial charge in [0.25, 0.3) is 0 Å². The molecule has 1 aliphatic rings. The molecule has 0 bridgehead atoms. The molecule has 0 N–H and O–H groups in total. The maximum Gasteiger partial charge on any atom is 0.231 e. The predicted octanol–water partition coefficient (Wildman–Crippen LogP) is 3.30. The summed E-state index contributed by atoms with van der Waals surface area (Å²) < 4.78 is 13.6. The topological polar surface area (TPSA) is 37.4 Å². The molecule has 20 heavy (non-hydrogen) atoms. The van der Waals surface area contributed by atoms with Crippen molar-refractivity contribution in [1.82, 2.24) is 4.90 Å². The van der Waals surface area contributed by atoms with Crippen molar-refractivity contribution in [2.75, 3.05) is 0 Å². The van der Waals surface area contributed by atoms with Gasteiger partial charge in [0.15, 0.2) is 5.78 Å². The summed E-state index contributed by atoms with van der Waals surface area (Å²) in [6.07, 6.45) is -0.0374. The lowest BCUT2D eigenvalue weighted by Crippen LogP contribution is -2.44. The van der Waals surface area contributed by atoms with Gasteiger partial charge in [-0.05, 0) is 39.0 Å². The molecule has 0 aliphatic carbocycles. The fourth-order valence-electron chi connectivity index (χ4n) is 2.63. The van der Waals surface area contributed by atoms with Crippen LogP contribution in [0.25, 0.3) is 0 Å². The maximum atomic E-state index is 13.2. The molecule has 1 saturated heterocycles. The first-order chi connectivity index (χ1) is 9.20. The molecule has 1 aliphatic heterocycles. The molecule has 2 rings (SSSR count). The summed E-state index contributed by atoms with van der Waals surface area (Å²) in [5, 5.41) is 0. The third-order valence-corrected chi connectivity index (χ3v) is 4.03. The number of hydrogen-bond donors (Lipinski definition) is 0. The Morgan fingerprint density at radius 2 is 2.00 bits per heavy atom. The number of hydrogen-bond acceptors (Lipinski definition) is 2. The van der Waals surface area contributed by atoms with Crippen molar-refractivity contribution in [1.29, 1.82) is 0 Å². The zero-order valence-electron chi connectivity index (χ0n) is 11.7. The van der Waals surface area contributed by atoms with E-state index in [1.165, 1.54) is 6.07 Å². The Hall–Kier alpha value is -1.23. The maximum absolute atomic E-state index is 13.2. The van der Waals surface area contributed by atoms with Gasteiger partial charge in [0.05, 0.1) is 16.9 Å². The van der Waals surface area contributed by atoms with Crippen LogP contribution in [0.3, 0.4) is 0 Å². The van der Waals surface area contributed by atoms with Crippen molar-refractivity contribution >= 4 is 27.6 Å². The zero-order chi connectivity index (χ0) is 15.1. The van der Waals surface area contributed by atoms with Crippen LogP contribution in [0.4, 0.5) is 4.39 Å². The molecule has 1 amide bonds. The first-order valence-electron chi connectivity index (χ1n) is 6.46. The molecule has 3 nitrogen and oxygen atoms in total. The van der Waals surface area contributed by atoms with Crippen LogP contribution in [0.1, 0.15) is 32.8 Å². The summed E-state index contributed by atoms with van der Waals surface area (Å²) >= 11 is 3.13. The largest absolute Gasteiger partial charge is 0.327 e. The lowest BCUT2D eigenvalue weighted by atomic mass is 9.84. The molecule has 1 heterocycles.